The first-order valence-corrected chi connectivity index (χ1v) is 7.28. The number of hydrogen-bond donors (Lipinski definition) is 3. The van der Waals surface area contributed by atoms with Gasteiger partial charge in [-0.3, -0.25) is 0 Å². The number of nitrogens with zero attached hydrogens (tertiary/aromatic N) is 1. The average molecular weight is 245 g/mol. The summed E-state index contributed by atoms with van der Waals surface area (Å²) in [6, 6.07) is 0. The Morgan fingerprint density at radius 1 is 1.50 bits per heavy atom. The van der Waals surface area contributed by atoms with E-state index in [-0.39, 0.29) is 5.41 Å². The van der Waals surface area contributed by atoms with Crippen LogP contribution in [-0.2, 0) is 0 Å². The number of thioether (sulfide) groups is 1. The number of rotatable bonds is 9. The maximum Gasteiger partial charge on any atom is 0.139 e. The van der Waals surface area contributed by atoms with Gasteiger partial charge in [0, 0.05) is 13.0 Å². The monoisotopic (exact) mass is 245 g/mol. The molecule has 16 heavy (non-hydrogen) atoms. The molecule has 0 aromatic rings. The molecule has 0 aromatic carbocycles. The lowest BCUT2D eigenvalue weighted by Crippen LogP contribution is -2.29. The number of nitrogens with two attached hydrogens (primary N) is 1. The van der Waals surface area contributed by atoms with Gasteiger partial charge in [-0.05, 0) is 49.7 Å². The summed E-state index contributed by atoms with van der Waals surface area (Å²) in [7, 11) is 0. The van der Waals surface area contributed by atoms with E-state index in [1.54, 1.807) is 0 Å². The van der Waals surface area contributed by atoms with Crippen LogP contribution in [-0.4, -0.2) is 36.1 Å². The van der Waals surface area contributed by atoms with Gasteiger partial charge in [0.2, 0.25) is 0 Å². The zero-order valence-corrected chi connectivity index (χ0v) is 10.9. The molecule has 0 aliphatic heterocycles. The van der Waals surface area contributed by atoms with Crippen molar-refractivity contribution in [2.45, 2.75) is 32.1 Å². The average Bonchev–Trinajstić information content (AvgIpc) is 3.03. The molecule has 0 unspecified atom stereocenters. The highest BCUT2D eigenvalue weighted by atomic mass is 32.2. The van der Waals surface area contributed by atoms with Crippen LogP contribution in [0.2, 0.25) is 0 Å². The van der Waals surface area contributed by atoms with E-state index >= 15 is 0 Å². The molecule has 4 nitrogen and oxygen atoms in total. The lowest BCUT2D eigenvalue weighted by Gasteiger charge is -2.14. The summed E-state index contributed by atoms with van der Waals surface area (Å²) in [4.78, 5) is 0. The van der Waals surface area contributed by atoms with Crippen molar-refractivity contribution in [3.05, 3.63) is 0 Å². The van der Waals surface area contributed by atoms with Gasteiger partial charge in [-0.15, -0.1) is 0 Å². The summed E-state index contributed by atoms with van der Waals surface area (Å²) in [6.07, 6.45) is 7.77. The molecular formula is C11H23N3OS. The number of hydrogen-bond acceptors (Lipinski definition) is 4. The van der Waals surface area contributed by atoms with E-state index < -0.39 is 0 Å². The minimum atomic E-state index is 0.288. The summed E-state index contributed by atoms with van der Waals surface area (Å²) >= 11 is 1.90. The van der Waals surface area contributed by atoms with Crippen molar-refractivity contribution >= 4 is 17.6 Å². The highest BCUT2D eigenvalue weighted by molar-refractivity contribution is 7.98. The molecule has 0 radical (unpaired) electrons. The minimum absolute atomic E-state index is 0.288. The fraction of sp³-hybridized carbons (Fsp3) is 0.909. The van der Waals surface area contributed by atoms with Crippen LogP contribution in [0.25, 0.3) is 0 Å². The third-order valence-electron chi connectivity index (χ3n) is 3.09. The van der Waals surface area contributed by atoms with Crippen molar-refractivity contribution in [2.24, 2.45) is 16.3 Å². The van der Waals surface area contributed by atoms with Crippen molar-refractivity contribution < 1.29 is 5.21 Å². The molecule has 0 spiro atoms. The van der Waals surface area contributed by atoms with Crippen molar-refractivity contribution in [3.63, 3.8) is 0 Å². The van der Waals surface area contributed by atoms with Crippen LogP contribution < -0.4 is 11.1 Å². The van der Waals surface area contributed by atoms with E-state index in [1.807, 2.05) is 11.8 Å². The highest BCUT2D eigenvalue weighted by Crippen LogP contribution is 2.48. The third kappa shape index (κ3) is 5.07. The third-order valence-corrected chi connectivity index (χ3v) is 3.79. The lowest BCUT2D eigenvalue weighted by atomic mass is 10.0. The first-order chi connectivity index (χ1) is 7.72. The van der Waals surface area contributed by atoms with Crippen LogP contribution >= 0.6 is 11.8 Å². The second kappa shape index (κ2) is 7.01. The Morgan fingerprint density at radius 3 is 2.81 bits per heavy atom. The smallest absolute Gasteiger partial charge is 0.139 e. The summed E-state index contributed by atoms with van der Waals surface area (Å²) in [6.45, 7) is 2.08. The van der Waals surface area contributed by atoms with Gasteiger partial charge < -0.3 is 16.3 Å². The van der Waals surface area contributed by atoms with Crippen molar-refractivity contribution in [1.29, 1.82) is 0 Å². The molecule has 0 heterocycles. The molecule has 1 aliphatic carbocycles. The van der Waals surface area contributed by atoms with E-state index in [2.05, 4.69) is 16.7 Å². The number of amidine groups is 1. The summed E-state index contributed by atoms with van der Waals surface area (Å²) in [5.41, 5.74) is 5.83. The van der Waals surface area contributed by atoms with E-state index in [1.165, 1.54) is 31.4 Å². The Balaban J connectivity index is 2.04. The van der Waals surface area contributed by atoms with Crippen LogP contribution in [0.5, 0.6) is 0 Å². The Labute approximate surface area is 102 Å². The molecule has 1 saturated carbocycles. The lowest BCUT2D eigenvalue weighted by molar-refractivity contribution is 0.314. The molecule has 0 atom stereocenters. The van der Waals surface area contributed by atoms with Gasteiger partial charge in [-0.1, -0.05) is 5.16 Å². The first-order valence-electron chi connectivity index (χ1n) is 5.88. The van der Waals surface area contributed by atoms with E-state index in [4.69, 9.17) is 10.9 Å². The largest absolute Gasteiger partial charge is 0.409 e. The molecule has 1 aliphatic rings. The van der Waals surface area contributed by atoms with Crippen LogP contribution in [0.4, 0.5) is 0 Å². The molecule has 1 rings (SSSR count). The molecule has 0 bridgehead atoms. The normalized spacial score (nSPS) is 18.7. The predicted molar refractivity (Wildman–Crippen MR) is 70.2 cm³/mol. The zero-order chi connectivity index (χ0) is 11.9. The van der Waals surface area contributed by atoms with Crippen LogP contribution in [0.1, 0.15) is 32.1 Å². The summed E-state index contributed by atoms with van der Waals surface area (Å²) < 4.78 is 0. The molecule has 0 amide bonds. The topological polar surface area (TPSA) is 70.6 Å². The van der Waals surface area contributed by atoms with E-state index in [0.29, 0.717) is 5.84 Å². The van der Waals surface area contributed by atoms with Crippen molar-refractivity contribution in [3.8, 4) is 0 Å². The van der Waals surface area contributed by atoms with Crippen molar-refractivity contribution in [1.82, 2.24) is 5.32 Å². The molecule has 4 N–H and O–H groups in total. The Kier molecular flexibility index (Phi) is 5.98. The van der Waals surface area contributed by atoms with E-state index in [0.717, 1.165) is 19.5 Å². The molecule has 0 saturated heterocycles. The predicted octanol–water partition coefficient (Wildman–Crippen LogP) is 1.64. The summed E-state index contributed by atoms with van der Waals surface area (Å²) in [5, 5.41) is 15.1. The second-order valence-electron chi connectivity index (χ2n) is 4.64. The second-order valence-corrected chi connectivity index (χ2v) is 5.63. The van der Waals surface area contributed by atoms with Gasteiger partial charge in [0.1, 0.15) is 5.84 Å². The van der Waals surface area contributed by atoms with Gasteiger partial charge in [0.25, 0.3) is 0 Å². The van der Waals surface area contributed by atoms with Gasteiger partial charge in [-0.25, -0.2) is 0 Å². The van der Waals surface area contributed by atoms with Crippen LogP contribution in [0, 0.1) is 5.41 Å². The Morgan fingerprint density at radius 2 is 2.25 bits per heavy atom. The Bertz CT molecular complexity index is 229. The SMILES string of the molecule is CSCCCCNCC1(CC(N)=NO)CC1. The van der Waals surface area contributed by atoms with Crippen molar-refractivity contribution in [2.75, 3.05) is 25.1 Å². The maximum absolute atomic E-state index is 8.53. The molecule has 0 aromatic heterocycles. The number of unbranched alkanes of at least 4 members (excludes halogenated alkanes) is 1. The highest BCUT2D eigenvalue weighted by Gasteiger charge is 2.42. The van der Waals surface area contributed by atoms with Gasteiger partial charge in [0.15, 0.2) is 0 Å². The fourth-order valence-corrected chi connectivity index (χ4v) is 2.36. The maximum atomic E-state index is 8.53. The minimum Gasteiger partial charge on any atom is -0.409 e. The van der Waals surface area contributed by atoms with Gasteiger partial charge >= 0.3 is 0 Å². The molecular weight excluding hydrogens is 222 g/mol. The first kappa shape index (κ1) is 13.6. The van der Waals surface area contributed by atoms with Crippen LogP contribution in [0.3, 0.4) is 0 Å². The Hall–Kier alpha value is -0.420. The van der Waals surface area contributed by atoms with Crippen LogP contribution in [0.15, 0.2) is 5.16 Å². The van der Waals surface area contributed by atoms with Gasteiger partial charge in [0.05, 0.1) is 0 Å². The molecule has 5 heteroatoms. The summed E-state index contributed by atoms with van der Waals surface area (Å²) in [5.74, 6) is 1.61. The molecule has 1 fully saturated rings. The number of oxime groups is 1. The number of nitrogens with one attached hydrogen (secondary N) is 1. The van der Waals surface area contributed by atoms with E-state index in [9.17, 15) is 0 Å². The zero-order valence-electron chi connectivity index (χ0n) is 10.0. The fourth-order valence-electron chi connectivity index (χ4n) is 1.86. The molecule has 94 valence electrons. The quantitative estimate of drug-likeness (QED) is 0.190. The standard InChI is InChI=1S/C11H23N3OS/c1-16-7-3-2-6-13-9-11(4-5-11)8-10(12)14-15/h13,15H,2-9H2,1H3,(H2,12,14). The van der Waals surface area contributed by atoms with Gasteiger partial charge in [-0.2, -0.15) is 11.8 Å².